The lowest BCUT2D eigenvalue weighted by Crippen LogP contribution is -2.21. The van der Waals surface area contributed by atoms with E-state index in [0.29, 0.717) is 45.8 Å². The van der Waals surface area contributed by atoms with Gasteiger partial charge in [-0.25, -0.2) is 27.5 Å². The van der Waals surface area contributed by atoms with Gasteiger partial charge in [0.1, 0.15) is 23.3 Å². The van der Waals surface area contributed by atoms with Crippen molar-refractivity contribution in [3.63, 3.8) is 0 Å². The molecule has 6 aromatic rings. The first kappa shape index (κ1) is 28.4. The van der Waals surface area contributed by atoms with Crippen molar-refractivity contribution in [2.75, 3.05) is 11.6 Å². The van der Waals surface area contributed by atoms with Crippen LogP contribution >= 0.6 is 0 Å². The van der Waals surface area contributed by atoms with Crippen molar-refractivity contribution in [1.82, 2.24) is 34.9 Å². The van der Waals surface area contributed by atoms with E-state index < -0.39 is 22.1 Å². The second-order valence-electron chi connectivity index (χ2n) is 10.3. The molecule has 0 aliphatic rings. The summed E-state index contributed by atoms with van der Waals surface area (Å²) in [6, 6.07) is 13.9. The number of imidazole rings is 1. The average Bonchev–Trinajstić information content (AvgIpc) is 3.59. The van der Waals surface area contributed by atoms with Gasteiger partial charge in [-0.3, -0.25) is 10.1 Å². The smallest absolute Gasteiger partial charge is 0.209 e. The molecule has 0 fully saturated rings. The van der Waals surface area contributed by atoms with Crippen molar-refractivity contribution >= 4 is 37.8 Å². The van der Waals surface area contributed by atoms with Crippen LogP contribution in [0.5, 0.6) is 0 Å². The standard InChI is InChI=1S/C30H29FN8O3S/c1-3-4-26(40)35-22-12-20(15-32-16-22)18-5-6-25-24(13-18)28(39-38-25)30-36-27-23(7-8-33-29(27)37-30)19-9-17(10-21(31)11-19)14-34-43(2,41)42/h5-13,15-16,26,34-35,40H,3-4,14H2,1-2H3,(H,38,39)(H,33,36,37). The van der Waals surface area contributed by atoms with Crippen molar-refractivity contribution in [1.29, 1.82) is 0 Å². The van der Waals surface area contributed by atoms with Gasteiger partial charge < -0.3 is 15.4 Å². The summed E-state index contributed by atoms with van der Waals surface area (Å²) in [6.07, 6.45) is 6.92. The molecule has 0 spiro atoms. The molecule has 4 aromatic heterocycles. The summed E-state index contributed by atoms with van der Waals surface area (Å²) in [5, 5.41) is 21.6. The van der Waals surface area contributed by atoms with Gasteiger partial charge in [0, 0.05) is 35.5 Å². The molecular formula is C30H29FN8O3S. The first-order chi connectivity index (χ1) is 20.7. The molecule has 2 aromatic carbocycles. The van der Waals surface area contributed by atoms with Gasteiger partial charge >= 0.3 is 0 Å². The monoisotopic (exact) mass is 600 g/mol. The Morgan fingerprint density at radius 2 is 1.91 bits per heavy atom. The summed E-state index contributed by atoms with van der Waals surface area (Å²) in [4.78, 5) is 16.8. The minimum atomic E-state index is -3.44. The molecule has 0 radical (unpaired) electrons. The molecule has 0 saturated heterocycles. The van der Waals surface area contributed by atoms with Crippen molar-refractivity contribution in [2.45, 2.75) is 32.5 Å². The number of aromatic nitrogens is 6. The number of rotatable bonds is 10. The van der Waals surface area contributed by atoms with E-state index in [1.807, 2.05) is 31.2 Å². The van der Waals surface area contributed by atoms with Crippen molar-refractivity contribution in [2.24, 2.45) is 0 Å². The lowest BCUT2D eigenvalue weighted by Gasteiger charge is -2.13. The molecule has 6 rings (SSSR count). The highest BCUT2D eigenvalue weighted by Crippen LogP contribution is 2.33. The Kier molecular flexibility index (Phi) is 7.61. The molecule has 0 aliphatic carbocycles. The third-order valence-corrected chi connectivity index (χ3v) is 7.61. The number of nitrogens with one attached hydrogen (secondary N) is 4. The summed E-state index contributed by atoms with van der Waals surface area (Å²) >= 11 is 0. The van der Waals surface area contributed by atoms with Crippen LogP contribution in [0.25, 0.3) is 55.8 Å². The predicted octanol–water partition coefficient (Wildman–Crippen LogP) is 4.95. The molecule has 13 heteroatoms. The Hall–Kier alpha value is -4.72. The quantitative estimate of drug-likeness (QED) is 0.138. The zero-order valence-corrected chi connectivity index (χ0v) is 24.2. The fraction of sp³-hybridized carbons (Fsp3) is 0.200. The van der Waals surface area contributed by atoms with Gasteiger partial charge in [-0.15, -0.1) is 0 Å². The summed E-state index contributed by atoms with van der Waals surface area (Å²) in [5.74, 6) is -0.0204. The molecule has 43 heavy (non-hydrogen) atoms. The SMILES string of the molecule is CCCC(O)Nc1cncc(-c2ccc3[nH]nc(-c4nc5c(-c6cc(F)cc(CNS(C)(=O)=O)c6)ccnc5[nH]4)c3c2)c1. The predicted molar refractivity (Wildman–Crippen MR) is 164 cm³/mol. The van der Waals surface area contributed by atoms with E-state index in [0.717, 1.165) is 40.4 Å². The molecule has 1 unspecified atom stereocenters. The third kappa shape index (κ3) is 6.23. The van der Waals surface area contributed by atoms with E-state index in [1.165, 1.54) is 12.1 Å². The number of hydrogen-bond acceptors (Lipinski definition) is 8. The first-order valence-electron chi connectivity index (χ1n) is 13.6. The van der Waals surface area contributed by atoms with E-state index in [1.54, 1.807) is 30.7 Å². The van der Waals surface area contributed by atoms with Crippen LogP contribution in [-0.2, 0) is 16.6 Å². The van der Waals surface area contributed by atoms with E-state index in [2.05, 4.69) is 35.2 Å². The molecule has 0 aliphatic heterocycles. The normalized spacial score (nSPS) is 12.7. The Balaban J connectivity index is 1.37. The number of aliphatic hydroxyl groups is 1. The highest BCUT2D eigenvalue weighted by Gasteiger charge is 2.17. The Bertz CT molecular complexity index is 2060. The summed E-state index contributed by atoms with van der Waals surface area (Å²) in [5.41, 5.74) is 6.53. The molecule has 0 amide bonds. The molecule has 1 atom stereocenters. The van der Waals surface area contributed by atoms with Gasteiger partial charge in [-0.2, -0.15) is 5.10 Å². The zero-order valence-electron chi connectivity index (χ0n) is 23.4. The molecular weight excluding hydrogens is 571 g/mol. The van der Waals surface area contributed by atoms with Crippen molar-refractivity contribution in [3.8, 4) is 33.8 Å². The maximum Gasteiger partial charge on any atom is 0.209 e. The number of H-pyrrole nitrogens is 2. The molecule has 220 valence electrons. The fourth-order valence-corrected chi connectivity index (χ4v) is 5.40. The highest BCUT2D eigenvalue weighted by molar-refractivity contribution is 7.88. The van der Waals surface area contributed by atoms with E-state index in [9.17, 15) is 17.9 Å². The van der Waals surface area contributed by atoms with Crippen LogP contribution in [0.2, 0.25) is 0 Å². The van der Waals surface area contributed by atoms with E-state index >= 15 is 0 Å². The lowest BCUT2D eigenvalue weighted by molar-refractivity contribution is 0.192. The van der Waals surface area contributed by atoms with Gasteiger partial charge in [0.05, 0.1) is 23.7 Å². The maximum absolute atomic E-state index is 14.6. The topological polar surface area (TPSA) is 162 Å². The summed E-state index contributed by atoms with van der Waals surface area (Å²) < 4.78 is 40.1. The minimum Gasteiger partial charge on any atom is -0.374 e. The number of anilines is 1. The van der Waals surface area contributed by atoms with E-state index in [4.69, 9.17) is 4.98 Å². The molecule has 0 bridgehead atoms. The van der Waals surface area contributed by atoms with Crippen LogP contribution < -0.4 is 10.0 Å². The van der Waals surface area contributed by atoms with Crippen molar-refractivity contribution < 1.29 is 17.9 Å². The van der Waals surface area contributed by atoms with Crippen LogP contribution in [0.15, 0.2) is 67.1 Å². The van der Waals surface area contributed by atoms with Crippen LogP contribution in [0.1, 0.15) is 25.3 Å². The molecule has 0 saturated carbocycles. The van der Waals surface area contributed by atoms with E-state index in [-0.39, 0.29) is 6.54 Å². The second-order valence-corrected chi connectivity index (χ2v) is 12.2. The Morgan fingerprint density at radius 1 is 1.05 bits per heavy atom. The number of aliphatic hydroxyl groups excluding tert-OH is 1. The number of fused-ring (bicyclic) bond motifs is 2. The number of hydrogen-bond donors (Lipinski definition) is 5. The minimum absolute atomic E-state index is 0.0426. The largest absolute Gasteiger partial charge is 0.374 e. The summed E-state index contributed by atoms with van der Waals surface area (Å²) in [6.45, 7) is 1.97. The van der Waals surface area contributed by atoms with Crippen LogP contribution in [-0.4, -0.2) is 56.1 Å². The van der Waals surface area contributed by atoms with Gasteiger partial charge in [0.25, 0.3) is 0 Å². The average molecular weight is 601 g/mol. The fourth-order valence-electron chi connectivity index (χ4n) is 4.97. The molecule has 11 nitrogen and oxygen atoms in total. The molecule has 4 heterocycles. The van der Waals surface area contributed by atoms with Crippen LogP contribution in [0, 0.1) is 5.82 Å². The number of nitrogens with zero attached hydrogens (tertiary/aromatic N) is 4. The van der Waals surface area contributed by atoms with Crippen molar-refractivity contribution in [3.05, 3.63) is 78.5 Å². The third-order valence-electron chi connectivity index (χ3n) is 6.95. The molecule has 5 N–H and O–H groups in total. The van der Waals surface area contributed by atoms with Gasteiger partial charge in [-0.05, 0) is 65.6 Å². The van der Waals surface area contributed by atoms with Gasteiger partial charge in [0.2, 0.25) is 10.0 Å². The highest BCUT2D eigenvalue weighted by atomic mass is 32.2. The second kappa shape index (κ2) is 11.5. The zero-order chi connectivity index (χ0) is 30.1. The first-order valence-corrected chi connectivity index (χ1v) is 15.5. The number of benzene rings is 2. The number of halogens is 1. The lowest BCUT2D eigenvalue weighted by atomic mass is 10.0. The number of pyridine rings is 2. The Morgan fingerprint density at radius 3 is 2.72 bits per heavy atom. The van der Waals surface area contributed by atoms with Crippen LogP contribution in [0.3, 0.4) is 0 Å². The number of aromatic amines is 2. The maximum atomic E-state index is 14.6. The number of sulfonamides is 1. The summed E-state index contributed by atoms with van der Waals surface area (Å²) in [7, 11) is -3.44. The Labute approximate surface area is 246 Å². The van der Waals surface area contributed by atoms with Crippen LogP contribution in [0.4, 0.5) is 10.1 Å². The van der Waals surface area contributed by atoms with Gasteiger partial charge in [-0.1, -0.05) is 19.4 Å². The van der Waals surface area contributed by atoms with Gasteiger partial charge in [0.15, 0.2) is 11.5 Å².